The Morgan fingerprint density at radius 3 is 2.84 bits per heavy atom. The number of hydrogen-bond donors (Lipinski definition) is 1. The molecule has 1 heterocycles. The van der Waals surface area contributed by atoms with Gasteiger partial charge in [-0.15, -0.1) is 0 Å². The molecule has 3 rings (SSSR count). The van der Waals surface area contributed by atoms with Crippen molar-refractivity contribution in [1.29, 1.82) is 0 Å². The minimum atomic E-state index is -0.178. The first-order valence-electron chi connectivity index (χ1n) is 7.04. The van der Waals surface area contributed by atoms with Gasteiger partial charge in [0.2, 0.25) is 0 Å². The van der Waals surface area contributed by atoms with Gasteiger partial charge in [0.25, 0.3) is 0 Å². The van der Waals surface area contributed by atoms with E-state index in [0.29, 0.717) is 22.5 Å². The Labute approximate surface area is 118 Å². The molecule has 1 aliphatic carbocycles. The highest BCUT2D eigenvalue weighted by molar-refractivity contribution is 6.31. The molecule has 1 aromatic carbocycles. The van der Waals surface area contributed by atoms with E-state index in [1.807, 2.05) is 0 Å². The highest BCUT2D eigenvalue weighted by Gasteiger charge is 2.36. The third-order valence-electron chi connectivity index (χ3n) is 4.32. The maximum Gasteiger partial charge on any atom is 0.129 e. The first kappa shape index (κ1) is 13.3. The number of nitrogens with zero attached hydrogens (tertiary/aromatic N) is 1. The lowest BCUT2D eigenvalue weighted by molar-refractivity contribution is 0.265. The molecule has 0 bridgehead atoms. The fourth-order valence-corrected chi connectivity index (χ4v) is 3.37. The van der Waals surface area contributed by atoms with Gasteiger partial charge in [-0.2, -0.15) is 0 Å². The van der Waals surface area contributed by atoms with Crippen LogP contribution in [0.4, 0.5) is 4.39 Å². The zero-order valence-corrected chi connectivity index (χ0v) is 12.0. The van der Waals surface area contributed by atoms with Crippen LogP contribution in [-0.4, -0.2) is 31.1 Å². The molecule has 1 saturated carbocycles. The van der Waals surface area contributed by atoms with Crippen molar-refractivity contribution in [2.24, 2.45) is 5.92 Å². The van der Waals surface area contributed by atoms with E-state index in [4.69, 9.17) is 11.6 Å². The number of benzene rings is 1. The highest BCUT2D eigenvalue weighted by Crippen LogP contribution is 2.40. The summed E-state index contributed by atoms with van der Waals surface area (Å²) in [5.74, 6) is 0.266. The van der Waals surface area contributed by atoms with Crippen LogP contribution >= 0.6 is 11.6 Å². The van der Waals surface area contributed by atoms with Crippen molar-refractivity contribution in [1.82, 2.24) is 10.2 Å². The van der Waals surface area contributed by atoms with Crippen LogP contribution in [0.25, 0.3) is 0 Å². The number of hydrogen-bond acceptors (Lipinski definition) is 2. The normalized spacial score (nSPS) is 27.9. The molecule has 2 atom stereocenters. The predicted octanol–water partition coefficient (Wildman–Crippen LogP) is 3.22. The van der Waals surface area contributed by atoms with E-state index >= 15 is 0 Å². The molecule has 104 valence electrons. The van der Waals surface area contributed by atoms with E-state index in [9.17, 15) is 4.39 Å². The van der Waals surface area contributed by atoms with Crippen LogP contribution in [0.5, 0.6) is 0 Å². The standard InChI is InChI=1S/C15H20ClFN2/c1-19-8-7-10(9-18-11-5-6-11)15(19)14-12(16)3-2-4-13(14)17/h2-4,10-11,15,18H,5-9H2,1H3. The smallest absolute Gasteiger partial charge is 0.129 e. The summed E-state index contributed by atoms with van der Waals surface area (Å²) in [7, 11) is 2.06. The first-order chi connectivity index (χ1) is 9.16. The molecule has 0 spiro atoms. The summed E-state index contributed by atoms with van der Waals surface area (Å²) in [6, 6.07) is 5.77. The lowest BCUT2D eigenvalue weighted by atomic mass is 9.93. The summed E-state index contributed by atoms with van der Waals surface area (Å²) in [5.41, 5.74) is 0.673. The summed E-state index contributed by atoms with van der Waals surface area (Å²) in [6.07, 6.45) is 3.67. The average molecular weight is 283 g/mol. The molecule has 1 saturated heterocycles. The summed E-state index contributed by atoms with van der Waals surface area (Å²) < 4.78 is 14.1. The van der Waals surface area contributed by atoms with Gasteiger partial charge in [-0.1, -0.05) is 17.7 Å². The molecule has 1 aromatic rings. The molecule has 1 aliphatic heterocycles. The Kier molecular flexibility index (Phi) is 3.79. The van der Waals surface area contributed by atoms with Crippen molar-refractivity contribution in [3.05, 3.63) is 34.6 Å². The Morgan fingerprint density at radius 1 is 1.37 bits per heavy atom. The van der Waals surface area contributed by atoms with Gasteiger partial charge in [-0.25, -0.2) is 4.39 Å². The summed E-state index contributed by atoms with van der Waals surface area (Å²) in [4.78, 5) is 2.23. The third kappa shape index (κ3) is 2.78. The average Bonchev–Trinajstić information content (AvgIpc) is 3.13. The molecule has 0 aromatic heterocycles. The van der Waals surface area contributed by atoms with Crippen LogP contribution in [0.15, 0.2) is 18.2 Å². The van der Waals surface area contributed by atoms with Gasteiger partial charge >= 0.3 is 0 Å². The van der Waals surface area contributed by atoms with Crippen LogP contribution in [0.2, 0.25) is 5.02 Å². The van der Waals surface area contributed by atoms with Gasteiger partial charge < -0.3 is 5.32 Å². The zero-order chi connectivity index (χ0) is 13.4. The molecule has 2 nitrogen and oxygen atoms in total. The Balaban J connectivity index is 1.82. The lowest BCUT2D eigenvalue weighted by Gasteiger charge is -2.27. The van der Waals surface area contributed by atoms with Crippen molar-refractivity contribution in [2.75, 3.05) is 20.1 Å². The fraction of sp³-hybridized carbons (Fsp3) is 0.600. The summed E-state index contributed by atoms with van der Waals surface area (Å²) >= 11 is 6.23. The molecule has 2 unspecified atom stereocenters. The minimum absolute atomic E-state index is 0.0972. The minimum Gasteiger partial charge on any atom is -0.314 e. The van der Waals surface area contributed by atoms with Gasteiger partial charge in [0.05, 0.1) is 0 Å². The topological polar surface area (TPSA) is 15.3 Å². The van der Waals surface area contributed by atoms with Crippen LogP contribution in [0.3, 0.4) is 0 Å². The second-order valence-electron chi connectivity index (χ2n) is 5.79. The summed E-state index contributed by atoms with van der Waals surface area (Å²) in [6.45, 7) is 1.97. The van der Waals surface area contributed by atoms with E-state index in [0.717, 1.165) is 19.5 Å². The SMILES string of the molecule is CN1CCC(CNC2CC2)C1c1c(F)cccc1Cl. The first-order valence-corrected chi connectivity index (χ1v) is 7.42. The maximum absolute atomic E-state index is 14.1. The second kappa shape index (κ2) is 5.39. The van der Waals surface area contributed by atoms with E-state index in [1.54, 1.807) is 12.1 Å². The number of rotatable bonds is 4. The number of likely N-dealkylation sites (tertiary alicyclic amines) is 1. The van der Waals surface area contributed by atoms with Crippen molar-refractivity contribution < 1.29 is 4.39 Å². The maximum atomic E-state index is 14.1. The van der Waals surface area contributed by atoms with Crippen molar-refractivity contribution >= 4 is 11.6 Å². The molecular formula is C15H20ClFN2. The molecule has 0 amide bonds. The van der Waals surface area contributed by atoms with E-state index in [1.165, 1.54) is 18.9 Å². The highest BCUT2D eigenvalue weighted by atomic mass is 35.5. The molecule has 0 radical (unpaired) electrons. The lowest BCUT2D eigenvalue weighted by Crippen LogP contribution is -2.30. The molecule has 4 heteroatoms. The Bertz CT molecular complexity index is 441. The summed E-state index contributed by atoms with van der Waals surface area (Å²) in [5, 5.41) is 4.12. The second-order valence-corrected chi connectivity index (χ2v) is 6.20. The Hall–Kier alpha value is -0.640. The third-order valence-corrected chi connectivity index (χ3v) is 4.65. The fourth-order valence-electron chi connectivity index (χ4n) is 3.09. The predicted molar refractivity (Wildman–Crippen MR) is 75.9 cm³/mol. The monoisotopic (exact) mass is 282 g/mol. The van der Waals surface area contributed by atoms with Crippen molar-refractivity contribution in [2.45, 2.75) is 31.3 Å². The van der Waals surface area contributed by atoms with Crippen molar-refractivity contribution in [3.63, 3.8) is 0 Å². The van der Waals surface area contributed by atoms with Crippen LogP contribution in [0.1, 0.15) is 30.9 Å². The Morgan fingerprint density at radius 2 is 2.16 bits per heavy atom. The van der Waals surface area contributed by atoms with Crippen molar-refractivity contribution in [3.8, 4) is 0 Å². The van der Waals surface area contributed by atoms with Gasteiger partial charge in [-0.05, 0) is 50.9 Å². The molecule has 2 aliphatic rings. The van der Waals surface area contributed by atoms with Gasteiger partial charge in [0, 0.05) is 29.2 Å². The molecule has 19 heavy (non-hydrogen) atoms. The molecular weight excluding hydrogens is 263 g/mol. The molecule has 1 N–H and O–H groups in total. The quantitative estimate of drug-likeness (QED) is 0.912. The largest absolute Gasteiger partial charge is 0.314 e. The van der Waals surface area contributed by atoms with E-state index < -0.39 is 0 Å². The van der Waals surface area contributed by atoms with Crippen LogP contribution in [-0.2, 0) is 0 Å². The van der Waals surface area contributed by atoms with Gasteiger partial charge in [0.15, 0.2) is 0 Å². The van der Waals surface area contributed by atoms with E-state index in [-0.39, 0.29) is 11.9 Å². The van der Waals surface area contributed by atoms with Crippen LogP contribution < -0.4 is 5.32 Å². The molecule has 2 fully saturated rings. The number of halogens is 2. The number of nitrogens with one attached hydrogen (secondary N) is 1. The zero-order valence-electron chi connectivity index (χ0n) is 11.2. The van der Waals surface area contributed by atoms with Gasteiger partial charge in [-0.3, -0.25) is 4.90 Å². The van der Waals surface area contributed by atoms with E-state index in [2.05, 4.69) is 17.3 Å². The van der Waals surface area contributed by atoms with Gasteiger partial charge in [0.1, 0.15) is 5.82 Å². The van der Waals surface area contributed by atoms with Crippen LogP contribution in [0, 0.1) is 11.7 Å².